The highest BCUT2D eigenvalue weighted by Gasteiger charge is 2.28. The van der Waals surface area contributed by atoms with E-state index < -0.39 is 0 Å². The molecule has 152 valence electrons. The van der Waals surface area contributed by atoms with Crippen LogP contribution < -0.4 is 5.32 Å². The Labute approximate surface area is 181 Å². The third kappa shape index (κ3) is 4.05. The molecule has 0 radical (unpaired) electrons. The Morgan fingerprint density at radius 2 is 1.97 bits per heavy atom. The fourth-order valence-corrected chi connectivity index (χ4v) is 4.43. The number of hydrogen-bond donors (Lipinski definition) is 1. The first kappa shape index (κ1) is 20.4. The maximum Gasteiger partial charge on any atom is 0.141 e. The molecule has 0 spiro atoms. The predicted molar refractivity (Wildman–Crippen MR) is 116 cm³/mol. The SMILES string of the molecule is CCOCn1nncc1-c1ccc2c(c1)C(NC)CCC2c1ccc(Cl)c(Cl)c1. The Bertz CT molecular complexity index is 1000. The smallest absolute Gasteiger partial charge is 0.141 e. The molecule has 1 aliphatic carbocycles. The average molecular weight is 431 g/mol. The fourth-order valence-electron chi connectivity index (χ4n) is 4.13. The van der Waals surface area contributed by atoms with Crippen LogP contribution in [0.25, 0.3) is 11.3 Å². The maximum atomic E-state index is 6.30. The van der Waals surface area contributed by atoms with E-state index in [9.17, 15) is 0 Å². The monoisotopic (exact) mass is 430 g/mol. The highest BCUT2D eigenvalue weighted by atomic mass is 35.5. The molecular formula is C22H24Cl2N4O. The number of hydrogen-bond acceptors (Lipinski definition) is 4. The molecule has 2 aromatic carbocycles. The summed E-state index contributed by atoms with van der Waals surface area (Å²) >= 11 is 12.4. The summed E-state index contributed by atoms with van der Waals surface area (Å²) in [7, 11) is 2.02. The van der Waals surface area contributed by atoms with Crippen LogP contribution in [-0.4, -0.2) is 28.6 Å². The average Bonchev–Trinajstić information content (AvgIpc) is 3.21. The fraction of sp³-hybridized carbons (Fsp3) is 0.364. The molecule has 0 saturated carbocycles. The summed E-state index contributed by atoms with van der Waals surface area (Å²) in [5.74, 6) is 0.296. The molecule has 2 atom stereocenters. The number of nitrogens with zero attached hydrogens (tertiary/aromatic N) is 3. The molecule has 0 bridgehead atoms. The lowest BCUT2D eigenvalue weighted by molar-refractivity contribution is 0.0790. The molecule has 3 aromatic rings. The van der Waals surface area contributed by atoms with E-state index in [0.29, 0.717) is 35.3 Å². The Balaban J connectivity index is 1.74. The number of rotatable bonds is 6. The lowest BCUT2D eigenvalue weighted by Gasteiger charge is -2.32. The standard InChI is InChI=1S/C22H24Cl2N4O/c1-3-29-13-28-22(12-26-27-28)15-4-6-17-16(7-9-21(25-2)18(17)10-15)14-5-8-19(23)20(24)11-14/h4-6,8,10-12,16,21,25H,3,7,9,13H2,1-2H3. The minimum Gasteiger partial charge on any atom is -0.359 e. The second-order valence-corrected chi connectivity index (χ2v) is 8.04. The van der Waals surface area contributed by atoms with Gasteiger partial charge in [-0.05, 0) is 61.7 Å². The minimum absolute atomic E-state index is 0.296. The maximum absolute atomic E-state index is 6.30. The summed E-state index contributed by atoms with van der Waals surface area (Å²) in [6, 6.07) is 12.9. The van der Waals surface area contributed by atoms with Crippen LogP contribution in [0.1, 0.15) is 48.4 Å². The number of ether oxygens (including phenoxy) is 1. The molecule has 2 unspecified atom stereocenters. The van der Waals surface area contributed by atoms with Crippen LogP contribution in [0.15, 0.2) is 42.6 Å². The molecule has 7 heteroatoms. The highest BCUT2D eigenvalue weighted by molar-refractivity contribution is 6.42. The van der Waals surface area contributed by atoms with Gasteiger partial charge in [0.25, 0.3) is 0 Å². The van der Waals surface area contributed by atoms with Gasteiger partial charge in [-0.15, -0.1) is 5.10 Å². The number of fused-ring (bicyclic) bond motifs is 1. The van der Waals surface area contributed by atoms with Gasteiger partial charge in [0, 0.05) is 24.1 Å². The van der Waals surface area contributed by atoms with Gasteiger partial charge in [-0.2, -0.15) is 0 Å². The Morgan fingerprint density at radius 3 is 2.72 bits per heavy atom. The zero-order valence-corrected chi connectivity index (χ0v) is 18.0. The van der Waals surface area contributed by atoms with Gasteiger partial charge in [0.1, 0.15) is 6.73 Å². The second kappa shape index (κ2) is 8.84. The van der Waals surface area contributed by atoms with Crippen LogP contribution in [0.4, 0.5) is 0 Å². The summed E-state index contributed by atoms with van der Waals surface area (Å²) < 4.78 is 7.31. The first-order valence-electron chi connectivity index (χ1n) is 9.85. The van der Waals surface area contributed by atoms with E-state index in [1.807, 2.05) is 26.1 Å². The Kier molecular flexibility index (Phi) is 6.20. The summed E-state index contributed by atoms with van der Waals surface area (Å²) in [6.07, 6.45) is 3.89. The summed E-state index contributed by atoms with van der Waals surface area (Å²) in [4.78, 5) is 0. The van der Waals surface area contributed by atoms with Crippen molar-refractivity contribution in [3.05, 3.63) is 69.3 Å². The minimum atomic E-state index is 0.296. The molecule has 1 heterocycles. The lowest BCUT2D eigenvalue weighted by Crippen LogP contribution is -2.24. The second-order valence-electron chi connectivity index (χ2n) is 7.23. The van der Waals surface area contributed by atoms with E-state index in [-0.39, 0.29) is 0 Å². The van der Waals surface area contributed by atoms with Gasteiger partial charge < -0.3 is 10.1 Å². The van der Waals surface area contributed by atoms with Gasteiger partial charge in [-0.3, -0.25) is 0 Å². The van der Waals surface area contributed by atoms with E-state index in [4.69, 9.17) is 27.9 Å². The van der Waals surface area contributed by atoms with Gasteiger partial charge in [0.2, 0.25) is 0 Å². The Hall–Kier alpha value is -1.92. The third-order valence-electron chi connectivity index (χ3n) is 5.61. The van der Waals surface area contributed by atoms with Gasteiger partial charge in [-0.25, -0.2) is 4.68 Å². The van der Waals surface area contributed by atoms with E-state index in [2.05, 4.69) is 39.9 Å². The van der Waals surface area contributed by atoms with Crippen molar-refractivity contribution in [3.8, 4) is 11.3 Å². The Morgan fingerprint density at radius 1 is 1.10 bits per heavy atom. The van der Waals surface area contributed by atoms with E-state index in [0.717, 1.165) is 24.1 Å². The normalized spacial score (nSPS) is 18.6. The van der Waals surface area contributed by atoms with Crippen molar-refractivity contribution >= 4 is 23.2 Å². The van der Waals surface area contributed by atoms with Crippen molar-refractivity contribution in [2.45, 2.75) is 38.5 Å². The molecule has 0 saturated heterocycles. The molecular weight excluding hydrogens is 407 g/mol. The van der Waals surface area contributed by atoms with Crippen molar-refractivity contribution in [1.82, 2.24) is 20.3 Å². The van der Waals surface area contributed by atoms with Crippen molar-refractivity contribution in [1.29, 1.82) is 0 Å². The highest BCUT2D eigenvalue weighted by Crippen LogP contribution is 2.43. The van der Waals surface area contributed by atoms with E-state index >= 15 is 0 Å². The zero-order valence-electron chi connectivity index (χ0n) is 16.5. The van der Waals surface area contributed by atoms with Crippen molar-refractivity contribution in [3.63, 3.8) is 0 Å². The topological polar surface area (TPSA) is 52.0 Å². The van der Waals surface area contributed by atoms with Gasteiger partial charge in [0.15, 0.2) is 0 Å². The summed E-state index contributed by atoms with van der Waals surface area (Å²) in [5.41, 5.74) is 5.86. The zero-order chi connectivity index (χ0) is 20.4. The molecule has 1 aliphatic rings. The van der Waals surface area contributed by atoms with Crippen LogP contribution in [0.2, 0.25) is 10.0 Å². The quantitative estimate of drug-likeness (QED) is 0.565. The molecule has 5 nitrogen and oxygen atoms in total. The van der Waals surface area contributed by atoms with Gasteiger partial charge in [0.05, 0.1) is 21.9 Å². The number of halogens is 2. The molecule has 1 aromatic heterocycles. The van der Waals surface area contributed by atoms with Crippen LogP contribution in [0.3, 0.4) is 0 Å². The number of benzene rings is 2. The van der Waals surface area contributed by atoms with Crippen molar-refractivity contribution in [2.24, 2.45) is 0 Å². The molecule has 29 heavy (non-hydrogen) atoms. The molecule has 0 fully saturated rings. The summed E-state index contributed by atoms with van der Waals surface area (Å²) in [5, 5.41) is 12.9. The van der Waals surface area contributed by atoms with Gasteiger partial charge in [-0.1, -0.05) is 46.6 Å². The van der Waals surface area contributed by atoms with Crippen molar-refractivity contribution in [2.75, 3.05) is 13.7 Å². The number of aromatic nitrogens is 3. The first-order chi connectivity index (χ1) is 14.1. The van der Waals surface area contributed by atoms with Crippen LogP contribution in [0, 0.1) is 0 Å². The predicted octanol–water partition coefficient (Wildman–Crippen LogP) is 5.43. The van der Waals surface area contributed by atoms with Crippen LogP contribution in [0.5, 0.6) is 0 Å². The van der Waals surface area contributed by atoms with Crippen molar-refractivity contribution < 1.29 is 4.74 Å². The molecule has 0 aliphatic heterocycles. The molecule has 0 amide bonds. The molecule has 4 rings (SSSR count). The third-order valence-corrected chi connectivity index (χ3v) is 6.35. The van der Waals surface area contributed by atoms with E-state index in [1.54, 1.807) is 10.9 Å². The number of nitrogens with one attached hydrogen (secondary N) is 1. The lowest BCUT2D eigenvalue weighted by atomic mass is 9.76. The molecule has 1 N–H and O–H groups in total. The van der Waals surface area contributed by atoms with Crippen LogP contribution in [-0.2, 0) is 11.5 Å². The van der Waals surface area contributed by atoms with Crippen LogP contribution >= 0.6 is 23.2 Å². The first-order valence-corrected chi connectivity index (χ1v) is 10.6. The van der Waals surface area contributed by atoms with Gasteiger partial charge >= 0.3 is 0 Å². The van der Waals surface area contributed by atoms with E-state index in [1.165, 1.54) is 16.7 Å². The summed E-state index contributed by atoms with van der Waals surface area (Å²) in [6.45, 7) is 3.00. The largest absolute Gasteiger partial charge is 0.359 e.